The first-order valence-corrected chi connectivity index (χ1v) is 44.0. The van der Waals surface area contributed by atoms with E-state index >= 15 is 0 Å². The van der Waals surface area contributed by atoms with Gasteiger partial charge in [-0.1, -0.05) is 372 Å². The molecule has 0 saturated heterocycles. The van der Waals surface area contributed by atoms with E-state index < -0.39 is 0 Å². The van der Waals surface area contributed by atoms with Crippen molar-refractivity contribution < 1.29 is 0 Å². The van der Waals surface area contributed by atoms with Gasteiger partial charge in [0.05, 0.1) is 22.4 Å². The van der Waals surface area contributed by atoms with Crippen LogP contribution >= 0.6 is 0 Å². The molecule has 0 amide bonds. The normalized spacial score (nSPS) is 12.5. The standard InChI is InChI=1S/C120H97BN4/c1-118(2,3)94-57-68-109-105(75-94)106-76-95(119(4,5)6)58-69-110(106)123(109)99-63-54-86(55-64-99)91-56-66-107-111(74-91)124(116-101(87-42-26-14-27-43-87)70-92(82-38-22-12-23-39-82)71-102(116)88-44-28-15-29-45-88)113-77-96(120(7,8)9)78-114-115(113)121(107)108-67-65-100(122(97-59-50-84(51-60-97)80-34-18-10-19-35-80)98-61-52-85(53-62-98)81-36-20-11-21-37-81)79-112(108)125(114)117-103(89-46-30-16-31-47-89)72-93(83-40-24-13-25-41-83)73-104(117)90-48-32-17-33-49-90/h10-79H,1-9H3. The van der Waals surface area contributed by atoms with E-state index in [2.05, 4.69) is 506 Å². The molecule has 0 fully saturated rings. The van der Waals surface area contributed by atoms with E-state index in [0.717, 1.165) is 146 Å². The first-order chi connectivity index (χ1) is 60.9. The van der Waals surface area contributed by atoms with Gasteiger partial charge in [-0.25, -0.2) is 0 Å². The zero-order valence-electron chi connectivity index (χ0n) is 72.3. The van der Waals surface area contributed by atoms with Crippen molar-refractivity contribution in [3.63, 3.8) is 0 Å². The Kier molecular flexibility index (Phi) is 19.4. The van der Waals surface area contributed by atoms with Gasteiger partial charge in [-0.15, -0.1) is 0 Å². The van der Waals surface area contributed by atoms with E-state index in [0.29, 0.717) is 0 Å². The number of hydrogen-bond acceptors (Lipinski definition) is 3. The van der Waals surface area contributed by atoms with Gasteiger partial charge >= 0.3 is 0 Å². The third-order valence-corrected chi connectivity index (χ3v) is 25.8. The van der Waals surface area contributed by atoms with Crippen molar-refractivity contribution in [3.8, 4) is 106 Å². The molecular weight excluding hydrogens is 1510 g/mol. The van der Waals surface area contributed by atoms with Gasteiger partial charge in [-0.2, -0.15) is 0 Å². The molecule has 0 N–H and O–H groups in total. The number of fused-ring (bicyclic) bond motifs is 7. The van der Waals surface area contributed by atoms with Gasteiger partial charge in [0, 0.05) is 78.5 Å². The Morgan fingerprint density at radius 2 is 0.504 bits per heavy atom. The summed E-state index contributed by atoms with van der Waals surface area (Å²) in [6.07, 6.45) is 0. The summed E-state index contributed by atoms with van der Waals surface area (Å²) in [6.45, 7) is 20.8. The largest absolute Gasteiger partial charge is 0.310 e. The molecule has 2 aliphatic heterocycles. The van der Waals surface area contributed by atoms with Crippen molar-refractivity contribution in [3.05, 3.63) is 441 Å². The van der Waals surface area contributed by atoms with Crippen molar-refractivity contribution in [2.75, 3.05) is 14.7 Å². The number of benzene rings is 18. The minimum atomic E-state index is -0.386. The average Bonchev–Trinajstić information content (AvgIpc) is 1.06. The maximum Gasteiger partial charge on any atom is 0.252 e. The molecule has 0 unspecified atom stereocenters. The van der Waals surface area contributed by atoms with E-state index in [1.807, 2.05) is 0 Å². The molecule has 0 bridgehead atoms. The van der Waals surface area contributed by atoms with Crippen LogP contribution in [0.25, 0.3) is 128 Å². The van der Waals surface area contributed by atoms with Crippen LogP contribution in [0, 0.1) is 0 Å². The second-order valence-corrected chi connectivity index (χ2v) is 36.8. The summed E-state index contributed by atoms with van der Waals surface area (Å²) in [4.78, 5) is 7.91. The lowest BCUT2D eigenvalue weighted by Gasteiger charge is -2.47. The average molecular weight is 1610 g/mol. The molecule has 0 atom stereocenters. The van der Waals surface area contributed by atoms with Gasteiger partial charge in [-0.3, -0.25) is 0 Å². The first-order valence-electron chi connectivity index (χ1n) is 44.0. The van der Waals surface area contributed by atoms with Gasteiger partial charge in [0.25, 0.3) is 6.71 Å². The third kappa shape index (κ3) is 14.2. The van der Waals surface area contributed by atoms with E-state index in [9.17, 15) is 0 Å². The molecule has 4 nitrogen and oxygen atoms in total. The molecule has 2 aliphatic rings. The van der Waals surface area contributed by atoms with Crippen molar-refractivity contribution >= 4 is 96.1 Å². The molecule has 18 aromatic carbocycles. The lowest BCUT2D eigenvalue weighted by Crippen LogP contribution is -2.61. The van der Waals surface area contributed by atoms with Crippen LogP contribution in [0.5, 0.6) is 0 Å². The molecule has 0 aliphatic carbocycles. The summed E-state index contributed by atoms with van der Waals surface area (Å²) >= 11 is 0. The molecule has 125 heavy (non-hydrogen) atoms. The maximum atomic E-state index is 2.72. The van der Waals surface area contributed by atoms with Crippen molar-refractivity contribution in [2.24, 2.45) is 0 Å². The zero-order chi connectivity index (χ0) is 84.8. The SMILES string of the molecule is CC(C)(C)c1cc2c3c(c1)N(c1c(-c4ccccc4)cc(-c4ccccc4)cc1-c1ccccc1)c1cc(N(c4ccc(-c5ccccc5)cc4)c4ccc(-c5ccccc5)cc4)ccc1B3c1ccc(-c3ccc(-n4c5ccc(C(C)(C)C)cc5c5cc(C(C)(C)C)ccc54)cc3)cc1N2c1c(-c2ccccc2)cc(-c2ccccc2)cc1-c1ccccc1. The Morgan fingerprint density at radius 3 is 0.856 bits per heavy atom. The van der Waals surface area contributed by atoms with Gasteiger partial charge in [0.1, 0.15) is 0 Å². The van der Waals surface area contributed by atoms with Crippen LogP contribution in [0.15, 0.2) is 425 Å². The Labute approximate surface area is 736 Å². The number of aromatic nitrogens is 1. The Hall–Kier alpha value is -14.8. The highest BCUT2D eigenvalue weighted by Gasteiger charge is 2.47. The highest BCUT2D eigenvalue weighted by molar-refractivity contribution is 7.00. The second-order valence-electron chi connectivity index (χ2n) is 36.8. The van der Waals surface area contributed by atoms with Crippen molar-refractivity contribution in [2.45, 2.75) is 78.6 Å². The number of rotatable bonds is 15. The van der Waals surface area contributed by atoms with E-state index in [-0.39, 0.29) is 23.0 Å². The lowest BCUT2D eigenvalue weighted by molar-refractivity contribution is 0.590. The van der Waals surface area contributed by atoms with Gasteiger partial charge in [0.15, 0.2) is 0 Å². The molecule has 1 aromatic heterocycles. The van der Waals surface area contributed by atoms with Crippen LogP contribution in [-0.2, 0) is 16.2 Å². The highest BCUT2D eigenvalue weighted by Crippen LogP contribution is 2.57. The fraction of sp³-hybridized carbons (Fsp3) is 0.100. The minimum absolute atomic E-state index is 0.0247. The zero-order valence-corrected chi connectivity index (χ0v) is 72.3. The number of anilines is 9. The van der Waals surface area contributed by atoms with Crippen molar-refractivity contribution in [1.29, 1.82) is 0 Å². The van der Waals surface area contributed by atoms with Crippen LogP contribution in [0.2, 0.25) is 0 Å². The molecule has 3 heterocycles. The second kappa shape index (κ2) is 31.3. The molecular formula is C120H97BN4. The number of nitrogens with zero attached hydrogens (tertiary/aromatic N) is 4. The summed E-state index contributed by atoms with van der Waals surface area (Å²) < 4.78 is 2.49. The van der Waals surface area contributed by atoms with Crippen LogP contribution in [-0.4, -0.2) is 11.3 Å². The third-order valence-electron chi connectivity index (χ3n) is 25.8. The van der Waals surface area contributed by atoms with Crippen LogP contribution in [0.4, 0.5) is 51.2 Å². The lowest BCUT2D eigenvalue weighted by atomic mass is 9.33. The van der Waals surface area contributed by atoms with Crippen molar-refractivity contribution in [1.82, 2.24) is 4.57 Å². The Balaban J connectivity index is 0.871. The van der Waals surface area contributed by atoms with Crippen LogP contribution in [0.3, 0.4) is 0 Å². The smallest absolute Gasteiger partial charge is 0.252 e. The molecule has 0 saturated carbocycles. The molecule has 600 valence electrons. The summed E-state index contributed by atoms with van der Waals surface area (Å²) in [5.74, 6) is 0. The number of hydrogen-bond donors (Lipinski definition) is 0. The fourth-order valence-electron chi connectivity index (χ4n) is 19.3. The maximum absolute atomic E-state index is 2.72. The predicted molar refractivity (Wildman–Crippen MR) is 535 cm³/mol. The Morgan fingerprint density at radius 1 is 0.216 bits per heavy atom. The van der Waals surface area contributed by atoms with Gasteiger partial charge in [0.2, 0.25) is 0 Å². The summed E-state index contributed by atoms with van der Waals surface area (Å²) in [5, 5.41) is 2.55. The molecule has 19 aromatic rings. The van der Waals surface area contributed by atoms with Gasteiger partial charge < -0.3 is 19.3 Å². The fourth-order valence-corrected chi connectivity index (χ4v) is 19.3. The highest BCUT2D eigenvalue weighted by atomic mass is 15.2. The quantitative estimate of drug-likeness (QED) is 0.0951. The minimum Gasteiger partial charge on any atom is -0.310 e. The summed E-state index contributed by atoms with van der Waals surface area (Å²) in [5.41, 5.74) is 40.6. The summed E-state index contributed by atoms with van der Waals surface area (Å²) in [7, 11) is 0. The van der Waals surface area contributed by atoms with Crippen LogP contribution < -0.4 is 31.1 Å². The van der Waals surface area contributed by atoms with E-state index in [1.54, 1.807) is 0 Å². The molecule has 0 radical (unpaired) electrons. The first kappa shape index (κ1) is 77.5. The topological polar surface area (TPSA) is 14.7 Å². The molecule has 0 spiro atoms. The summed E-state index contributed by atoms with van der Waals surface area (Å²) in [6, 6.07) is 160. The Bertz CT molecular complexity index is 6980. The van der Waals surface area contributed by atoms with Gasteiger partial charge in [-0.05, 0) is 242 Å². The van der Waals surface area contributed by atoms with Crippen LogP contribution in [0.1, 0.15) is 79.0 Å². The van der Waals surface area contributed by atoms with E-state index in [4.69, 9.17) is 0 Å². The monoisotopic (exact) mass is 1600 g/mol. The predicted octanol–water partition coefficient (Wildman–Crippen LogP) is 31.2. The van der Waals surface area contributed by atoms with E-state index in [1.165, 1.54) is 66.0 Å². The molecule has 21 rings (SSSR count). The molecule has 5 heteroatoms.